The molecule has 3 heterocycles. The SMILES string of the molecule is O=C1c2ccccc2SC2C=CC(C[NH+]3CCCN4CCCCCC43)=CC12. The van der Waals surface area contributed by atoms with Crippen molar-refractivity contribution in [1.29, 1.82) is 0 Å². The highest BCUT2D eigenvalue weighted by atomic mass is 32.2. The zero-order valence-corrected chi connectivity index (χ0v) is 16.7. The highest BCUT2D eigenvalue weighted by molar-refractivity contribution is 8.00. The predicted molar refractivity (Wildman–Crippen MR) is 110 cm³/mol. The van der Waals surface area contributed by atoms with Crippen LogP contribution in [0.5, 0.6) is 0 Å². The number of nitrogens with one attached hydrogen (secondary N) is 1. The van der Waals surface area contributed by atoms with Crippen molar-refractivity contribution >= 4 is 17.5 Å². The number of ketones is 1. The third-order valence-electron chi connectivity index (χ3n) is 6.68. The third-order valence-corrected chi connectivity index (χ3v) is 8.01. The van der Waals surface area contributed by atoms with Crippen LogP contribution in [0, 0.1) is 5.92 Å². The van der Waals surface area contributed by atoms with E-state index in [0.29, 0.717) is 11.9 Å². The summed E-state index contributed by atoms with van der Waals surface area (Å²) in [6.45, 7) is 4.89. The van der Waals surface area contributed by atoms with Crippen LogP contribution in [0.4, 0.5) is 0 Å². The smallest absolute Gasteiger partial charge is 0.172 e. The summed E-state index contributed by atoms with van der Waals surface area (Å²) in [5.41, 5.74) is 2.28. The van der Waals surface area contributed by atoms with E-state index < -0.39 is 0 Å². The van der Waals surface area contributed by atoms with E-state index in [1.54, 1.807) is 4.90 Å². The molecule has 0 radical (unpaired) electrons. The quantitative estimate of drug-likeness (QED) is 0.853. The number of nitrogens with zero attached hydrogens (tertiary/aromatic N) is 1. The van der Waals surface area contributed by atoms with E-state index in [-0.39, 0.29) is 11.2 Å². The van der Waals surface area contributed by atoms with Crippen LogP contribution in [0.2, 0.25) is 0 Å². The summed E-state index contributed by atoms with van der Waals surface area (Å²) < 4.78 is 0. The molecule has 1 aliphatic carbocycles. The maximum absolute atomic E-state index is 13.1. The topological polar surface area (TPSA) is 24.8 Å². The van der Waals surface area contributed by atoms with E-state index in [1.165, 1.54) is 57.3 Å². The van der Waals surface area contributed by atoms with Crippen LogP contribution in [0.15, 0.2) is 53.0 Å². The molecule has 0 aromatic heterocycles. The van der Waals surface area contributed by atoms with Gasteiger partial charge < -0.3 is 4.90 Å². The predicted octanol–water partition coefficient (Wildman–Crippen LogP) is 2.95. The Bertz CT molecular complexity index is 786. The van der Waals surface area contributed by atoms with Crippen molar-refractivity contribution in [3.8, 4) is 0 Å². The molecule has 2 saturated heterocycles. The maximum atomic E-state index is 13.1. The fourth-order valence-corrected chi connectivity index (χ4v) is 6.57. The summed E-state index contributed by atoms with van der Waals surface area (Å²) in [5.74, 6) is 0.320. The van der Waals surface area contributed by atoms with Gasteiger partial charge >= 0.3 is 0 Å². The van der Waals surface area contributed by atoms with Crippen molar-refractivity contribution in [3.05, 3.63) is 53.6 Å². The summed E-state index contributed by atoms with van der Waals surface area (Å²) in [6.07, 6.45) is 14.3. The van der Waals surface area contributed by atoms with Gasteiger partial charge in [-0.25, -0.2) is 0 Å². The first-order valence-corrected chi connectivity index (χ1v) is 11.4. The number of Topliss-reactive ketones (excluding diaryl/α,β-unsaturated/α-hetero) is 1. The zero-order valence-electron chi connectivity index (χ0n) is 15.9. The first-order chi connectivity index (χ1) is 13.3. The van der Waals surface area contributed by atoms with Gasteiger partial charge in [-0.2, -0.15) is 0 Å². The fraction of sp³-hybridized carbons (Fsp3) is 0.522. The number of allylic oxidation sites excluding steroid dienone is 1. The lowest BCUT2D eigenvalue weighted by Gasteiger charge is -2.40. The second-order valence-corrected chi connectivity index (χ2v) is 9.63. The van der Waals surface area contributed by atoms with Crippen molar-refractivity contribution in [1.82, 2.24) is 4.90 Å². The Kier molecular flexibility index (Phi) is 4.97. The zero-order chi connectivity index (χ0) is 18.2. The number of rotatable bonds is 2. The molecular weight excluding hydrogens is 352 g/mol. The Morgan fingerprint density at radius 2 is 2.00 bits per heavy atom. The number of hydrogen-bond donors (Lipinski definition) is 1. The average Bonchev–Trinajstić information content (AvgIpc) is 2.95. The maximum Gasteiger partial charge on any atom is 0.172 e. The molecule has 0 saturated carbocycles. The minimum atomic E-state index is 0.0133. The van der Waals surface area contributed by atoms with Crippen LogP contribution >= 0.6 is 11.8 Å². The number of hydrogen-bond acceptors (Lipinski definition) is 3. The normalized spacial score (nSPS) is 33.5. The number of benzene rings is 1. The van der Waals surface area contributed by atoms with Crippen LogP contribution in [-0.2, 0) is 0 Å². The van der Waals surface area contributed by atoms with E-state index in [2.05, 4.69) is 29.2 Å². The molecule has 5 rings (SSSR count). The number of carbonyl (C=O) groups is 1. The molecule has 1 N–H and O–H groups in total. The second kappa shape index (κ2) is 7.57. The summed E-state index contributed by atoms with van der Waals surface area (Å²) in [7, 11) is 0. The minimum absolute atomic E-state index is 0.0133. The van der Waals surface area contributed by atoms with Crippen molar-refractivity contribution in [2.45, 2.75) is 48.4 Å². The summed E-state index contributed by atoms with van der Waals surface area (Å²) in [4.78, 5) is 18.6. The van der Waals surface area contributed by atoms with Crippen LogP contribution in [-0.4, -0.2) is 48.3 Å². The van der Waals surface area contributed by atoms with Gasteiger partial charge in [0.25, 0.3) is 0 Å². The van der Waals surface area contributed by atoms with Crippen molar-refractivity contribution in [2.24, 2.45) is 5.92 Å². The molecule has 3 aliphatic heterocycles. The third kappa shape index (κ3) is 3.43. The van der Waals surface area contributed by atoms with Gasteiger partial charge in [-0.05, 0) is 18.9 Å². The number of carbonyl (C=O) groups excluding carboxylic acids is 1. The molecule has 4 aliphatic rings. The monoisotopic (exact) mass is 381 g/mol. The van der Waals surface area contributed by atoms with Crippen LogP contribution in [0.3, 0.4) is 0 Å². The summed E-state index contributed by atoms with van der Waals surface area (Å²) >= 11 is 1.85. The van der Waals surface area contributed by atoms with E-state index in [0.717, 1.165) is 17.0 Å². The van der Waals surface area contributed by atoms with Gasteiger partial charge in [0.05, 0.1) is 12.5 Å². The van der Waals surface area contributed by atoms with Crippen molar-refractivity contribution in [2.75, 3.05) is 26.2 Å². The Morgan fingerprint density at radius 1 is 1.11 bits per heavy atom. The Morgan fingerprint density at radius 3 is 2.96 bits per heavy atom. The lowest BCUT2D eigenvalue weighted by atomic mass is 9.88. The number of fused-ring (bicyclic) bond motifs is 3. The fourth-order valence-electron chi connectivity index (χ4n) is 5.32. The molecule has 2 fully saturated rings. The summed E-state index contributed by atoms with van der Waals surface area (Å²) in [5, 5.41) is 0.266. The number of thioether (sulfide) groups is 1. The molecule has 27 heavy (non-hydrogen) atoms. The molecule has 0 spiro atoms. The van der Waals surface area contributed by atoms with E-state index in [4.69, 9.17) is 0 Å². The Balaban J connectivity index is 1.35. The van der Waals surface area contributed by atoms with E-state index >= 15 is 0 Å². The summed E-state index contributed by atoms with van der Waals surface area (Å²) in [6, 6.07) is 8.09. The lowest BCUT2D eigenvalue weighted by Crippen LogP contribution is -3.19. The van der Waals surface area contributed by atoms with Crippen molar-refractivity contribution in [3.63, 3.8) is 0 Å². The van der Waals surface area contributed by atoms with E-state index in [9.17, 15) is 4.79 Å². The van der Waals surface area contributed by atoms with Crippen molar-refractivity contribution < 1.29 is 9.69 Å². The molecule has 4 atom stereocenters. The minimum Gasteiger partial charge on any atom is -0.316 e. The largest absolute Gasteiger partial charge is 0.316 e. The number of quaternary nitrogens is 1. The van der Waals surface area contributed by atoms with Gasteiger partial charge in [0.1, 0.15) is 12.7 Å². The van der Waals surface area contributed by atoms with Gasteiger partial charge in [-0.3, -0.25) is 9.69 Å². The van der Waals surface area contributed by atoms with Gasteiger partial charge in [0.15, 0.2) is 5.78 Å². The lowest BCUT2D eigenvalue weighted by molar-refractivity contribution is -0.939. The van der Waals surface area contributed by atoms with Crippen LogP contribution in [0.1, 0.15) is 42.5 Å². The molecule has 0 amide bonds. The van der Waals surface area contributed by atoms with Crippen LogP contribution in [0.25, 0.3) is 0 Å². The molecule has 1 aromatic carbocycles. The standard InChI is InChI=1S/C23H28N2OS/c26-23-18-7-3-4-8-20(18)27-21-11-10-17(15-19(21)23)16-25-14-6-13-24-12-5-1-2-9-22(24)25/h3-4,7-8,10-11,15,19,21-22H,1-2,5-6,9,12-14,16H2/p+1. The molecule has 3 nitrogen and oxygen atoms in total. The average molecular weight is 382 g/mol. The first-order valence-electron chi connectivity index (χ1n) is 10.6. The van der Waals surface area contributed by atoms with Gasteiger partial charge in [0.2, 0.25) is 0 Å². The van der Waals surface area contributed by atoms with Gasteiger partial charge in [-0.15, -0.1) is 11.8 Å². The Hall–Kier alpha value is -1.36. The van der Waals surface area contributed by atoms with Gasteiger partial charge in [-0.1, -0.05) is 42.8 Å². The molecule has 142 valence electrons. The highest BCUT2D eigenvalue weighted by Gasteiger charge is 2.37. The van der Waals surface area contributed by atoms with Gasteiger partial charge in [0, 0.05) is 47.2 Å². The Labute approximate surface area is 166 Å². The molecule has 4 unspecified atom stereocenters. The van der Waals surface area contributed by atoms with E-state index in [1.807, 2.05) is 30.0 Å². The molecule has 0 bridgehead atoms. The highest BCUT2D eigenvalue weighted by Crippen LogP contribution is 2.41. The second-order valence-electron chi connectivity index (χ2n) is 8.41. The first kappa shape index (κ1) is 17.7. The molecular formula is C23H29N2OS+. The van der Waals surface area contributed by atoms with Crippen LogP contribution < -0.4 is 4.90 Å². The molecule has 4 heteroatoms. The molecule has 1 aromatic rings.